The molecule has 0 fully saturated rings. The Morgan fingerprint density at radius 1 is 0.789 bits per heavy atom. The Balaban J connectivity index is 1.13. The molecule has 6 bridgehead atoms. The maximum absolute atomic E-state index is 12.7. The summed E-state index contributed by atoms with van der Waals surface area (Å²) < 4.78 is 31.2. The molecule has 57 heavy (non-hydrogen) atoms. The second-order valence-corrected chi connectivity index (χ2v) is 15.2. The first-order valence-corrected chi connectivity index (χ1v) is 19.8. The first kappa shape index (κ1) is 38.3. The molecule has 1 amide bonds. The normalized spacial score (nSPS) is 17.6. The van der Waals surface area contributed by atoms with Gasteiger partial charge in [0, 0.05) is 48.4 Å². The van der Waals surface area contributed by atoms with Crippen molar-refractivity contribution in [3.63, 3.8) is 0 Å². The molecule has 10 nitrogen and oxygen atoms in total. The van der Waals surface area contributed by atoms with Crippen LogP contribution < -0.4 is 29.0 Å². The van der Waals surface area contributed by atoms with Gasteiger partial charge in [0.15, 0.2) is 23.0 Å². The van der Waals surface area contributed by atoms with E-state index < -0.39 is 0 Å². The van der Waals surface area contributed by atoms with Crippen LogP contribution in [0.3, 0.4) is 0 Å². The fraction of sp³-hybridized carbons (Fsp3) is 0.340. The van der Waals surface area contributed by atoms with Gasteiger partial charge in [-0.15, -0.1) is 0 Å². The Morgan fingerprint density at radius 2 is 1.51 bits per heavy atom. The van der Waals surface area contributed by atoms with E-state index in [1.54, 1.807) is 38.5 Å². The van der Waals surface area contributed by atoms with Crippen LogP contribution in [0.15, 0.2) is 91.0 Å². The average Bonchev–Trinajstić information content (AvgIpc) is 3.23. The molecule has 0 aromatic heterocycles. The third kappa shape index (κ3) is 8.16. The van der Waals surface area contributed by atoms with Gasteiger partial charge >= 0.3 is 0 Å². The van der Waals surface area contributed by atoms with Crippen LogP contribution in [-0.4, -0.2) is 75.4 Å². The number of benzene rings is 5. The van der Waals surface area contributed by atoms with Gasteiger partial charge in [-0.05, 0) is 141 Å². The minimum absolute atomic E-state index is 0.0472. The largest absolute Gasteiger partial charge is 0.497 e. The van der Waals surface area contributed by atoms with Crippen molar-refractivity contribution in [1.29, 1.82) is 0 Å². The summed E-state index contributed by atoms with van der Waals surface area (Å²) in [6.07, 6.45) is 3.91. The molecule has 5 aromatic carbocycles. The van der Waals surface area contributed by atoms with E-state index >= 15 is 0 Å². The minimum Gasteiger partial charge on any atom is -0.497 e. The number of likely N-dealkylation sites (N-methyl/N-ethyl adjacent to an activating group) is 2. The van der Waals surface area contributed by atoms with Gasteiger partial charge in [-0.1, -0.05) is 24.3 Å². The maximum Gasteiger partial charge on any atom is 0.251 e. The van der Waals surface area contributed by atoms with Gasteiger partial charge in [0.05, 0.1) is 27.4 Å². The molecule has 4 heterocycles. The van der Waals surface area contributed by atoms with Crippen molar-refractivity contribution in [3.8, 4) is 40.2 Å². The van der Waals surface area contributed by atoms with Gasteiger partial charge in [0.25, 0.3) is 5.91 Å². The highest BCUT2D eigenvalue weighted by Crippen LogP contribution is 2.48. The van der Waals surface area contributed by atoms with Crippen LogP contribution >= 0.6 is 0 Å². The van der Waals surface area contributed by atoms with Gasteiger partial charge in [0.1, 0.15) is 17.2 Å². The molecular formula is C47H51N3O7. The minimum atomic E-state index is -0.153. The molecule has 0 saturated carbocycles. The van der Waals surface area contributed by atoms with Gasteiger partial charge in [0.2, 0.25) is 0 Å². The van der Waals surface area contributed by atoms with E-state index in [0.29, 0.717) is 65.9 Å². The van der Waals surface area contributed by atoms with E-state index in [0.717, 1.165) is 60.5 Å². The lowest BCUT2D eigenvalue weighted by atomic mass is 9.86. The number of methoxy groups -OCH3 is 2. The summed E-state index contributed by atoms with van der Waals surface area (Å²) in [6, 6.07) is 30.2. The number of aliphatic hydroxyl groups is 1. The monoisotopic (exact) mass is 769 g/mol. The second-order valence-electron chi connectivity index (χ2n) is 15.2. The van der Waals surface area contributed by atoms with Crippen LogP contribution in [0.4, 0.5) is 0 Å². The molecule has 296 valence electrons. The van der Waals surface area contributed by atoms with Crippen molar-refractivity contribution in [2.24, 2.45) is 0 Å². The lowest BCUT2D eigenvalue weighted by Gasteiger charge is -2.37. The fourth-order valence-corrected chi connectivity index (χ4v) is 8.41. The highest BCUT2D eigenvalue weighted by molar-refractivity contribution is 5.94. The first-order valence-electron chi connectivity index (χ1n) is 19.8. The average molecular weight is 770 g/mol. The third-order valence-electron chi connectivity index (χ3n) is 11.6. The highest BCUT2D eigenvalue weighted by Gasteiger charge is 2.33. The summed E-state index contributed by atoms with van der Waals surface area (Å²) in [5.41, 5.74) is 8.39. The summed E-state index contributed by atoms with van der Waals surface area (Å²) in [6.45, 7) is 2.52. The molecule has 0 radical (unpaired) electrons. The van der Waals surface area contributed by atoms with Crippen LogP contribution in [-0.2, 0) is 32.3 Å². The number of hydrogen-bond acceptors (Lipinski definition) is 9. The Bertz CT molecular complexity index is 2220. The van der Waals surface area contributed by atoms with E-state index in [1.807, 2.05) is 18.2 Å². The number of nitrogens with one attached hydrogen (secondary N) is 1. The smallest absolute Gasteiger partial charge is 0.251 e. The van der Waals surface area contributed by atoms with Crippen molar-refractivity contribution in [2.75, 3.05) is 54.6 Å². The number of nitrogens with zero attached hydrogens (tertiary/aromatic N) is 2. The molecule has 0 saturated heterocycles. The summed E-state index contributed by atoms with van der Waals surface area (Å²) in [4.78, 5) is 17.5. The molecule has 0 aliphatic carbocycles. The van der Waals surface area contributed by atoms with Crippen molar-refractivity contribution < 1.29 is 33.6 Å². The lowest BCUT2D eigenvalue weighted by molar-refractivity contribution is 0.0951. The number of ether oxygens (including phenoxy) is 5. The molecular weight excluding hydrogens is 719 g/mol. The molecule has 2 atom stereocenters. The number of rotatable bonds is 9. The zero-order chi connectivity index (χ0) is 39.5. The van der Waals surface area contributed by atoms with Gasteiger partial charge in [-0.25, -0.2) is 0 Å². The Morgan fingerprint density at radius 3 is 2.26 bits per heavy atom. The number of hydrogen-bond donors (Lipinski definition) is 2. The standard InChI is InChI=1S/C47H51N3O7/c1-49-21-18-32-9-16-38-28-39(32)40(49)24-30-6-12-37(13-7-30)56-43-26-31(8-17-42(43)55-23-5-20-48-47(52)33-10-14-36(53-3)15-11-33)25-41-44-34(19-22-50(41)2)27-35(29-51)45(54-4)46(44)57-38/h6-17,26-28,40-41,51H,5,18-25,29H2,1-4H3,(H,48,52). The zero-order valence-corrected chi connectivity index (χ0v) is 33.2. The first-order chi connectivity index (χ1) is 27.8. The molecule has 4 aliphatic heterocycles. The fourth-order valence-electron chi connectivity index (χ4n) is 8.41. The molecule has 2 N–H and O–H groups in total. The van der Waals surface area contributed by atoms with Gasteiger partial charge in [-0.3, -0.25) is 14.6 Å². The summed E-state index contributed by atoms with van der Waals surface area (Å²) >= 11 is 0. The predicted octanol–water partition coefficient (Wildman–Crippen LogP) is 7.84. The number of aliphatic hydroxyl groups excluding tert-OH is 1. The van der Waals surface area contributed by atoms with Crippen molar-refractivity contribution in [3.05, 3.63) is 136 Å². The Kier molecular flexibility index (Phi) is 11.4. The summed E-state index contributed by atoms with van der Waals surface area (Å²) in [7, 11) is 7.59. The topological polar surface area (TPSA) is 102 Å². The van der Waals surface area contributed by atoms with Crippen LogP contribution in [0.5, 0.6) is 40.2 Å². The number of fused-ring (bicyclic) bond motifs is 2. The van der Waals surface area contributed by atoms with Gasteiger partial charge < -0.3 is 34.1 Å². The van der Waals surface area contributed by atoms with Crippen LogP contribution in [0, 0.1) is 0 Å². The maximum atomic E-state index is 12.7. The van der Waals surface area contributed by atoms with Crippen LogP contribution in [0.2, 0.25) is 0 Å². The quantitative estimate of drug-likeness (QED) is 0.145. The predicted molar refractivity (Wildman–Crippen MR) is 219 cm³/mol. The molecule has 10 heteroatoms. The van der Waals surface area contributed by atoms with Crippen LogP contribution in [0.25, 0.3) is 0 Å². The summed E-state index contributed by atoms with van der Waals surface area (Å²) in [5, 5.41) is 13.5. The number of amides is 1. The van der Waals surface area contributed by atoms with E-state index in [4.69, 9.17) is 23.7 Å². The summed E-state index contributed by atoms with van der Waals surface area (Å²) in [5.74, 6) is 4.51. The third-order valence-corrected chi connectivity index (χ3v) is 11.6. The molecule has 4 aliphatic rings. The zero-order valence-electron chi connectivity index (χ0n) is 33.2. The second kappa shape index (κ2) is 16.9. The molecule has 0 spiro atoms. The van der Waals surface area contributed by atoms with E-state index in [-0.39, 0.29) is 24.6 Å². The van der Waals surface area contributed by atoms with Crippen molar-refractivity contribution in [1.82, 2.24) is 15.1 Å². The number of carbonyl (C=O) groups is 1. The lowest BCUT2D eigenvalue weighted by Crippen LogP contribution is -2.34. The Hall–Kier alpha value is -5.55. The van der Waals surface area contributed by atoms with E-state index in [1.165, 1.54) is 16.7 Å². The van der Waals surface area contributed by atoms with E-state index in [2.05, 4.69) is 77.7 Å². The van der Waals surface area contributed by atoms with Crippen LogP contribution in [0.1, 0.15) is 67.8 Å². The van der Waals surface area contributed by atoms with Gasteiger partial charge in [-0.2, -0.15) is 0 Å². The van der Waals surface area contributed by atoms with Crippen molar-refractivity contribution in [2.45, 2.75) is 50.8 Å². The SMILES string of the molecule is COc1ccc(C(=O)NCCCOc2ccc3cc2Oc2ccc(cc2)CC2c4cc(ccc4CCN2C)Oc2c(OC)c(CO)cc4c2C(C3)N(C)CC4)cc1. The van der Waals surface area contributed by atoms with Crippen molar-refractivity contribution >= 4 is 5.91 Å². The Labute approximate surface area is 334 Å². The van der Waals surface area contributed by atoms with E-state index in [9.17, 15) is 9.90 Å². The highest BCUT2D eigenvalue weighted by atomic mass is 16.5. The molecule has 2 unspecified atom stereocenters. The molecule has 5 aromatic rings. The number of carbonyl (C=O) groups excluding carboxylic acids is 1. The molecule has 9 rings (SSSR count).